The topological polar surface area (TPSA) is 62.3 Å². The van der Waals surface area contributed by atoms with Crippen LogP contribution in [0.4, 0.5) is 13.2 Å². The monoisotopic (exact) mass is 429 g/mol. The molecule has 0 bridgehead atoms. The normalized spacial score (nSPS) is 21.1. The Bertz CT molecular complexity index is 759. The van der Waals surface area contributed by atoms with Crippen molar-refractivity contribution in [2.75, 3.05) is 53.0 Å². The molecule has 2 aliphatic rings. The molecule has 0 unspecified atom stereocenters. The largest absolute Gasteiger partial charge is 0.573 e. The van der Waals surface area contributed by atoms with Gasteiger partial charge in [0, 0.05) is 46.4 Å². The predicted octanol–water partition coefficient (Wildman–Crippen LogP) is 1.98. The number of alkyl halides is 3. The van der Waals surface area contributed by atoms with Gasteiger partial charge in [0.25, 0.3) is 5.91 Å². The molecular formula is C20H26F3N3O4. The minimum Gasteiger partial charge on any atom is -0.405 e. The van der Waals surface area contributed by atoms with Crippen molar-refractivity contribution in [3.63, 3.8) is 0 Å². The number of hydrogen-bond donors (Lipinski definition) is 0. The molecule has 0 aromatic heterocycles. The number of amides is 2. The van der Waals surface area contributed by atoms with Crippen molar-refractivity contribution in [3.8, 4) is 5.75 Å². The van der Waals surface area contributed by atoms with Gasteiger partial charge in [-0.3, -0.25) is 14.5 Å². The zero-order valence-electron chi connectivity index (χ0n) is 16.9. The summed E-state index contributed by atoms with van der Waals surface area (Å²) in [7, 11) is 1.59. The Morgan fingerprint density at radius 1 is 1.13 bits per heavy atom. The van der Waals surface area contributed by atoms with Crippen molar-refractivity contribution in [3.05, 3.63) is 29.8 Å². The predicted molar refractivity (Wildman–Crippen MR) is 102 cm³/mol. The van der Waals surface area contributed by atoms with E-state index in [0.717, 1.165) is 12.5 Å². The summed E-state index contributed by atoms with van der Waals surface area (Å²) in [4.78, 5) is 30.9. The fourth-order valence-corrected chi connectivity index (χ4v) is 3.96. The Morgan fingerprint density at radius 3 is 2.63 bits per heavy atom. The highest BCUT2D eigenvalue weighted by Crippen LogP contribution is 2.28. The molecule has 0 spiro atoms. The van der Waals surface area contributed by atoms with Gasteiger partial charge in [-0.05, 0) is 25.0 Å². The smallest absolute Gasteiger partial charge is 0.405 e. The van der Waals surface area contributed by atoms with E-state index >= 15 is 0 Å². The van der Waals surface area contributed by atoms with Crippen LogP contribution in [-0.2, 0) is 9.53 Å². The van der Waals surface area contributed by atoms with E-state index in [2.05, 4.69) is 9.64 Å². The zero-order valence-corrected chi connectivity index (χ0v) is 16.9. The van der Waals surface area contributed by atoms with Gasteiger partial charge in [-0.15, -0.1) is 13.2 Å². The summed E-state index contributed by atoms with van der Waals surface area (Å²) in [6, 6.07) is 5.14. The summed E-state index contributed by atoms with van der Waals surface area (Å²) >= 11 is 0. The van der Waals surface area contributed by atoms with Crippen LogP contribution in [0.25, 0.3) is 0 Å². The van der Waals surface area contributed by atoms with Gasteiger partial charge in [0.2, 0.25) is 5.91 Å². The van der Waals surface area contributed by atoms with Gasteiger partial charge < -0.3 is 19.3 Å². The van der Waals surface area contributed by atoms with Crippen LogP contribution in [0.3, 0.4) is 0 Å². The summed E-state index contributed by atoms with van der Waals surface area (Å²) in [5.74, 6) is -0.942. The molecule has 10 heteroatoms. The first kappa shape index (κ1) is 22.4. The minimum atomic E-state index is -4.87. The number of benzene rings is 1. The zero-order chi connectivity index (χ0) is 21.7. The third-order valence-electron chi connectivity index (χ3n) is 5.44. The summed E-state index contributed by atoms with van der Waals surface area (Å²) < 4.78 is 47.1. The highest BCUT2D eigenvalue weighted by molar-refractivity contribution is 5.97. The molecule has 7 nitrogen and oxygen atoms in total. The average Bonchev–Trinajstić information content (AvgIpc) is 2.90. The van der Waals surface area contributed by atoms with Crippen molar-refractivity contribution in [2.24, 2.45) is 0 Å². The lowest BCUT2D eigenvalue weighted by atomic mass is 10.1. The van der Waals surface area contributed by atoms with Crippen molar-refractivity contribution in [2.45, 2.75) is 25.2 Å². The second-order valence-electron chi connectivity index (χ2n) is 7.35. The lowest BCUT2D eigenvalue weighted by Crippen LogP contribution is -2.44. The SMILES string of the molecule is COCCN1CC[C@@H](N2CCCN(C(=O)c3ccccc3OC(F)(F)F)CC2)C1=O. The van der Waals surface area contributed by atoms with Gasteiger partial charge in [-0.1, -0.05) is 12.1 Å². The number of hydrogen-bond acceptors (Lipinski definition) is 5. The van der Waals surface area contributed by atoms with E-state index in [-0.39, 0.29) is 17.5 Å². The van der Waals surface area contributed by atoms with Crippen LogP contribution in [0.15, 0.2) is 24.3 Å². The first-order valence-electron chi connectivity index (χ1n) is 9.96. The van der Waals surface area contributed by atoms with Crippen LogP contribution in [0.2, 0.25) is 0 Å². The van der Waals surface area contributed by atoms with Crippen LogP contribution in [-0.4, -0.2) is 91.9 Å². The Kier molecular flexibility index (Phi) is 7.19. The van der Waals surface area contributed by atoms with Gasteiger partial charge >= 0.3 is 6.36 Å². The van der Waals surface area contributed by atoms with Crippen molar-refractivity contribution < 1.29 is 32.2 Å². The van der Waals surface area contributed by atoms with Crippen LogP contribution in [0.5, 0.6) is 5.75 Å². The number of ether oxygens (including phenoxy) is 2. The molecule has 2 heterocycles. The van der Waals surface area contributed by atoms with E-state index in [9.17, 15) is 22.8 Å². The maximum atomic E-state index is 12.9. The van der Waals surface area contributed by atoms with E-state index in [4.69, 9.17) is 4.74 Å². The van der Waals surface area contributed by atoms with Crippen molar-refractivity contribution in [1.82, 2.24) is 14.7 Å². The van der Waals surface area contributed by atoms with E-state index in [1.807, 2.05) is 0 Å². The van der Waals surface area contributed by atoms with Crippen LogP contribution in [0, 0.1) is 0 Å². The van der Waals surface area contributed by atoms with Crippen LogP contribution >= 0.6 is 0 Å². The Hall–Kier alpha value is -2.33. The van der Waals surface area contributed by atoms with Gasteiger partial charge in [0.1, 0.15) is 5.75 Å². The van der Waals surface area contributed by atoms with E-state index in [1.54, 1.807) is 12.0 Å². The van der Waals surface area contributed by atoms with Crippen molar-refractivity contribution >= 4 is 11.8 Å². The molecule has 0 saturated carbocycles. The Labute approximate surface area is 173 Å². The number of para-hydroxylation sites is 1. The Balaban J connectivity index is 1.63. The van der Waals surface area contributed by atoms with E-state index < -0.39 is 18.0 Å². The highest BCUT2D eigenvalue weighted by Gasteiger charge is 2.37. The maximum absolute atomic E-state index is 12.9. The number of methoxy groups -OCH3 is 1. The molecule has 2 fully saturated rings. The molecule has 2 aliphatic heterocycles. The summed E-state index contributed by atoms with van der Waals surface area (Å²) in [5, 5.41) is 0. The molecule has 166 valence electrons. The number of rotatable bonds is 6. The van der Waals surface area contributed by atoms with Gasteiger partial charge in [0.05, 0.1) is 18.2 Å². The van der Waals surface area contributed by atoms with Gasteiger partial charge in [0.15, 0.2) is 0 Å². The molecule has 2 amide bonds. The number of halogens is 3. The molecule has 0 aliphatic carbocycles. The lowest BCUT2D eigenvalue weighted by molar-refractivity contribution is -0.274. The first-order valence-corrected chi connectivity index (χ1v) is 9.96. The number of likely N-dealkylation sites (tertiary alicyclic amines) is 1. The fraction of sp³-hybridized carbons (Fsp3) is 0.600. The quantitative estimate of drug-likeness (QED) is 0.692. The number of carbonyl (C=O) groups excluding carboxylic acids is 2. The molecule has 0 N–H and O–H groups in total. The summed E-state index contributed by atoms with van der Waals surface area (Å²) in [5.41, 5.74) is -0.119. The third kappa shape index (κ3) is 5.42. The summed E-state index contributed by atoms with van der Waals surface area (Å²) in [6.07, 6.45) is -3.52. The lowest BCUT2D eigenvalue weighted by Gasteiger charge is -2.27. The standard InChI is InChI=1S/C20H26F3N3O4/c1-29-14-13-26-10-7-16(19(26)28)24-8-4-9-25(12-11-24)18(27)15-5-2-3-6-17(15)30-20(21,22)23/h2-3,5-6,16H,4,7-14H2,1H3/t16-/m1/s1. The molecule has 1 atom stereocenters. The number of nitrogens with zero attached hydrogens (tertiary/aromatic N) is 3. The molecule has 2 saturated heterocycles. The molecule has 1 aromatic rings. The highest BCUT2D eigenvalue weighted by atomic mass is 19.4. The molecule has 30 heavy (non-hydrogen) atoms. The summed E-state index contributed by atoms with van der Waals surface area (Å²) in [6.45, 7) is 3.60. The Morgan fingerprint density at radius 2 is 1.90 bits per heavy atom. The molecular weight excluding hydrogens is 403 g/mol. The van der Waals surface area contributed by atoms with Gasteiger partial charge in [-0.2, -0.15) is 0 Å². The second-order valence-corrected chi connectivity index (χ2v) is 7.35. The second kappa shape index (κ2) is 9.65. The van der Waals surface area contributed by atoms with E-state index in [0.29, 0.717) is 52.3 Å². The molecule has 1 aromatic carbocycles. The molecule has 3 rings (SSSR count). The fourth-order valence-electron chi connectivity index (χ4n) is 3.96. The maximum Gasteiger partial charge on any atom is 0.573 e. The minimum absolute atomic E-state index is 0.0655. The third-order valence-corrected chi connectivity index (χ3v) is 5.44. The van der Waals surface area contributed by atoms with Crippen molar-refractivity contribution in [1.29, 1.82) is 0 Å². The average molecular weight is 429 g/mol. The van der Waals surface area contributed by atoms with Crippen LogP contribution < -0.4 is 4.74 Å². The number of carbonyl (C=O) groups is 2. The first-order chi connectivity index (χ1) is 14.3. The molecule has 0 radical (unpaired) electrons. The van der Waals surface area contributed by atoms with E-state index in [1.165, 1.54) is 23.1 Å². The van der Waals surface area contributed by atoms with Crippen LogP contribution in [0.1, 0.15) is 23.2 Å². The van der Waals surface area contributed by atoms with Gasteiger partial charge in [-0.25, -0.2) is 0 Å².